The summed E-state index contributed by atoms with van der Waals surface area (Å²) < 4.78 is 5.27. The van der Waals surface area contributed by atoms with E-state index in [1.807, 2.05) is 45.0 Å². The second-order valence-corrected chi connectivity index (χ2v) is 9.31. The van der Waals surface area contributed by atoms with Gasteiger partial charge in [-0.05, 0) is 76.1 Å². The maximum atomic E-state index is 12.9. The highest BCUT2D eigenvalue weighted by atomic mass is 32.1. The molecule has 2 N–H and O–H groups in total. The molecule has 1 aromatic carbocycles. The van der Waals surface area contributed by atoms with Gasteiger partial charge in [0.1, 0.15) is 5.00 Å². The molecule has 1 aliphatic carbocycles. The van der Waals surface area contributed by atoms with Gasteiger partial charge in [-0.25, -0.2) is 9.59 Å². The average Bonchev–Trinajstić information content (AvgIpc) is 3.05. The molecule has 0 saturated carbocycles. The number of allylic oxidation sites excluding steroid dienone is 1. The van der Waals surface area contributed by atoms with E-state index >= 15 is 0 Å². The summed E-state index contributed by atoms with van der Waals surface area (Å²) in [5.74, 6) is -0.361. The second-order valence-electron chi connectivity index (χ2n) is 8.20. The Morgan fingerprint density at radius 1 is 1.23 bits per heavy atom. The molecule has 0 bridgehead atoms. The van der Waals surface area contributed by atoms with Gasteiger partial charge in [0, 0.05) is 4.88 Å². The van der Waals surface area contributed by atoms with Gasteiger partial charge in [0.05, 0.1) is 17.7 Å². The van der Waals surface area contributed by atoms with Crippen LogP contribution in [0.2, 0.25) is 0 Å². The van der Waals surface area contributed by atoms with Crippen LogP contribution in [0.5, 0.6) is 0 Å². The molecule has 0 fully saturated rings. The number of carbonyl (C=O) groups excluding carboxylic acids is 2. The Balaban J connectivity index is 1.82. The van der Waals surface area contributed by atoms with Crippen LogP contribution in [0.25, 0.3) is 5.57 Å². The van der Waals surface area contributed by atoms with Crippen LogP contribution in [-0.4, -0.2) is 18.6 Å². The van der Waals surface area contributed by atoms with Crippen molar-refractivity contribution < 1.29 is 14.3 Å². The zero-order chi connectivity index (χ0) is 21.9. The van der Waals surface area contributed by atoms with Gasteiger partial charge in [-0.3, -0.25) is 5.32 Å². The van der Waals surface area contributed by atoms with E-state index in [-0.39, 0.29) is 12.0 Å². The number of urea groups is 1. The monoisotopic (exact) mass is 426 g/mol. The first-order valence-corrected chi connectivity index (χ1v) is 11.2. The number of aryl methyl sites for hydroxylation is 1. The Morgan fingerprint density at radius 3 is 2.67 bits per heavy atom. The molecule has 1 aliphatic rings. The summed E-state index contributed by atoms with van der Waals surface area (Å²) in [6, 6.07) is 7.65. The van der Waals surface area contributed by atoms with E-state index in [9.17, 15) is 9.59 Å². The van der Waals surface area contributed by atoms with E-state index in [1.165, 1.54) is 16.2 Å². The van der Waals surface area contributed by atoms with Gasteiger partial charge in [-0.1, -0.05) is 30.4 Å². The van der Waals surface area contributed by atoms with Gasteiger partial charge in [-0.2, -0.15) is 0 Å². The number of esters is 1. The van der Waals surface area contributed by atoms with Crippen molar-refractivity contribution in [2.75, 3.05) is 11.9 Å². The molecule has 160 valence electrons. The number of anilines is 1. The fraction of sp³-hybridized carbons (Fsp3) is 0.417. The van der Waals surface area contributed by atoms with Crippen molar-refractivity contribution in [3.8, 4) is 0 Å². The smallest absolute Gasteiger partial charge is 0.341 e. The zero-order valence-electron chi connectivity index (χ0n) is 18.2. The third kappa shape index (κ3) is 4.75. The molecule has 2 aromatic rings. The molecule has 0 atom stereocenters. The first-order valence-electron chi connectivity index (χ1n) is 10.4. The van der Waals surface area contributed by atoms with E-state index in [0.29, 0.717) is 17.2 Å². The fourth-order valence-corrected chi connectivity index (χ4v) is 5.01. The molecular weight excluding hydrogens is 396 g/mol. The highest BCUT2D eigenvalue weighted by Gasteiger charge is 2.29. The summed E-state index contributed by atoms with van der Waals surface area (Å²) in [6.45, 7) is 12.0. The molecule has 1 aromatic heterocycles. The molecule has 0 radical (unpaired) electrons. The maximum Gasteiger partial charge on any atom is 0.341 e. The quantitative estimate of drug-likeness (QED) is 0.566. The summed E-state index contributed by atoms with van der Waals surface area (Å²) in [7, 11) is 0. The van der Waals surface area contributed by atoms with Gasteiger partial charge in [0.2, 0.25) is 0 Å². The highest BCUT2D eigenvalue weighted by molar-refractivity contribution is 7.17. The molecule has 0 spiro atoms. The maximum absolute atomic E-state index is 12.9. The summed E-state index contributed by atoms with van der Waals surface area (Å²) in [5.41, 5.74) is 3.95. The summed E-state index contributed by atoms with van der Waals surface area (Å²) >= 11 is 1.49. The minimum absolute atomic E-state index is 0.307. The number of hydrogen-bond donors (Lipinski definition) is 2. The molecule has 2 amide bonds. The summed E-state index contributed by atoms with van der Waals surface area (Å²) in [5, 5.41) is 6.53. The van der Waals surface area contributed by atoms with Crippen molar-refractivity contribution in [2.24, 2.45) is 0 Å². The van der Waals surface area contributed by atoms with Crippen LogP contribution < -0.4 is 10.6 Å². The summed E-state index contributed by atoms with van der Waals surface area (Å²) in [4.78, 5) is 26.6. The Labute approximate surface area is 182 Å². The number of ether oxygens (including phenoxy) is 1. The molecule has 3 rings (SSSR count). The van der Waals surface area contributed by atoms with Crippen LogP contribution in [-0.2, 0) is 23.1 Å². The van der Waals surface area contributed by atoms with Crippen molar-refractivity contribution >= 4 is 33.9 Å². The predicted octanol–water partition coefficient (Wildman–Crippen LogP) is 5.89. The number of rotatable bonds is 6. The van der Waals surface area contributed by atoms with Gasteiger partial charge < -0.3 is 10.1 Å². The Kier molecular flexibility index (Phi) is 6.66. The van der Waals surface area contributed by atoms with E-state index in [0.717, 1.165) is 47.9 Å². The van der Waals surface area contributed by atoms with Crippen molar-refractivity contribution in [3.05, 3.63) is 58.0 Å². The van der Waals surface area contributed by atoms with Crippen LogP contribution in [0.4, 0.5) is 9.80 Å². The van der Waals surface area contributed by atoms with Crippen LogP contribution in [0.15, 0.2) is 30.8 Å². The Hall–Kier alpha value is -2.60. The normalized spacial score (nSPS) is 13.3. The fourth-order valence-electron chi connectivity index (χ4n) is 3.74. The average molecular weight is 427 g/mol. The van der Waals surface area contributed by atoms with Gasteiger partial charge in [-0.15, -0.1) is 11.3 Å². The topological polar surface area (TPSA) is 67.4 Å². The number of nitrogens with one attached hydrogen (secondary N) is 2. The van der Waals surface area contributed by atoms with Crippen molar-refractivity contribution in [1.82, 2.24) is 5.32 Å². The van der Waals surface area contributed by atoms with Crippen LogP contribution in [0, 0.1) is 0 Å². The number of hydrogen-bond acceptors (Lipinski definition) is 4. The minimum Gasteiger partial charge on any atom is -0.462 e. The standard InChI is InChI=1S/C24H30N2O3S/c1-6-29-22(27)20-18-12-7-8-13-19(18)30-21(20)25-23(28)26-24(4,5)17-11-9-10-16(14-17)15(2)3/h9-11,14H,2,6-8,12-13H2,1,3-5H3,(H2,25,26,28). The number of fused-ring (bicyclic) bond motifs is 1. The molecule has 0 saturated heterocycles. The lowest BCUT2D eigenvalue weighted by Gasteiger charge is -2.27. The van der Waals surface area contributed by atoms with Crippen LogP contribution in [0.1, 0.15) is 72.5 Å². The zero-order valence-corrected chi connectivity index (χ0v) is 19.0. The molecule has 5 nitrogen and oxygen atoms in total. The van der Waals surface area contributed by atoms with E-state index in [2.05, 4.69) is 17.2 Å². The molecule has 0 aliphatic heterocycles. The van der Waals surface area contributed by atoms with E-state index in [4.69, 9.17) is 4.74 Å². The summed E-state index contributed by atoms with van der Waals surface area (Å²) in [6.07, 6.45) is 3.94. The number of thiophene rings is 1. The number of amides is 2. The lowest BCUT2D eigenvalue weighted by atomic mass is 9.92. The molecular formula is C24H30N2O3S. The SMILES string of the molecule is C=C(C)c1cccc(C(C)(C)NC(=O)Nc2sc3c(c2C(=O)OCC)CCCC3)c1. The van der Waals surface area contributed by atoms with Crippen LogP contribution >= 0.6 is 11.3 Å². The van der Waals surface area contributed by atoms with E-state index in [1.54, 1.807) is 6.92 Å². The molecule has 1 heterocycles. The third-order valence-corrected chi connectivity index (χ3v) is 6.59. The lowest BCUT2D eigenvalue weighted by Crippen LogP contribution is -2.43. The van der Waals surface area contributed by atoms with Gasteiger partial charge >= 0.3 is 12.0 Å². The van der Waals surface area contributed by atoms with Crippen LogP contribution in [0.3, 0.4) is 0 Å². The molecule has 30 heavy (non-hydrogen) atoms. The highest BCUT2D eigenvalue weighted by Crippen LogP contribution is 2.38. The largest absolute Gasteiger partial charge is 0.462 e. The first kappa shape index (κ1) is 22.1. The van der Waals surface area contributed by atoms with E-state index < -0.39 is 5.54 Å². The first-order chi connectivity index (χ1) is 14.2. The van der Waals surface area contributed by atoms with Crippen molar-refractivity contribution in [3.63, 3.8) is 0 Å². The van der Waals surface area contributed by atoms with Crippen molar-refractivity contribution in [2.45, 2.75) is 58.9 Å². The lowest BCUT2D eigenvalue weighted by molar-refractivity contribution is 0.0526. The van der Waals surface area contributed by atoms with Gasteiger partial charge in [0.25, 0.3) is 0 Å². The third-order valence-electron chi connectivity index (χ3n) is 5.38. The molecule has 6 heteroatoms. The van der Waals surface area contributed by atoms with Crippen molar-refractivity contribution in [1.29, 1.82) is 0 Å². The van der Waals surface area contributed by atoms with Gasteiger partial charge in [0.15, 0.2) is 0 Å². The number of benzene rings is 1. The minimum atomic E-state index is -0.601. The Bertz CT molecular complexity index is 975. The second kappa shape index (κ2) is 9.04. The Morgan fingerprint density at radius 2 is 1.97 bits per heavy atom. The predicted molar refractivity (Wildman–Crippen MR) is 123 cm³/mol. The number of carbonyl (C=O) groups is 2. The molecule has 0 unspecified atom stereocenters.